The molecule has 1 aromatic rings. The lowest BCUT2D eigenvalue weighted by atomic mass is 10.2. The van der Waals surface area contributed by atoms with Gasteiger partial charge in [-0.05, 0) is 34.6 Å². The van der Waals surface area contributed by atoms with Crippen LogP contribution in [0.4, 0.5) is 5.95 Å². The van der Waals surface area contributed by atoms with Crippen LogP contribution in [0.1, 0.15) is 34.6 Å². The second-order valence-corrected chi connectivity index (χ2v) is 5.02. The molecule has 19 heavy (non-hydrogen) atoms. The molecule has 0 bridgehead atoms. The van der Waals surface area contributed by atoms with Crippen molar-refractivity contribution < 1.29 is 4.74 Å². The molecule has 0 unspecified atom stereocenters. The first kappa shape index (κ1) is 15.7. The molecule has 5 nitrogen and oxygen atoms in total. The van der Waals surface area contributed by atoms with Gasteiger partial charge in [0.15, 0.2) is 0 Å². The van der Waals surface area contributed by atoms with Crippen molar-refractivity contribution in [1.29, 1.82) is 0 Å². The van der Waals surface area contributed by atoms with Crippen molar-refractivity contribution in [3.8, 4) is 5.88 Å². The molecule has 0 atom stereocenters. The summed E-state index contributed by atoms with van der Waals surface area (Å²) in [5.41, 5.74) is 0. The van der Waals surface area contributed by atoms with Crippen molar-refractivity contribution in [2.24, 2.45) is 0 Å². The zero-order valence-corrected chi connectivity index (χ0v) is 12.7. The normalized spacial score (nSPS) is 11.4. The van der Waals surface area contributed by atoms with E-state index in [-0.39, 0.29) is 0 Å². The topological polar surface area (TPSA) is 50.3 Å². The van der Waals surface area contributed by atoms with Crippen molar-refractivity contribution >= 4 is 5.95 Å². The third-order valence-electron chi connectivity index (χ3n) is 2.89. The molecule has 0 radical (unpaired) electrons. The van der Waals surface area contributed by atoms with E-state index in [1.807, 2.05) is 6.92 Å². The van der Waals surface area contributed by atoms with Crippen LogP contribution in [0.5, 0.6) is 5.88 Å². The summed E-state index contributed by atoms with van der Waals surface area (Å²) >= 11 is 0. The molecule has 0 fully saturated rings. The van der Waals surface area contributed by atoms with Gasteiger partial charge in [-0.3, -0.25) is 4.90 Å². The average Bonchev–Trinajstić information content (AvgIpc) is 2.34. The fourth-order valence-electron chi connectivity index (χ4n) is 2.03. The van der Waals surface area contributed by atoms with E-state index in [0.29, 0.717) is 30.5 Å². The van der Waals surface area contributed by atoms with E-state index in [1.165, 1.54) is 0 Å². The summed E-state index contributed by atoms with van der Waals surface area (Å²) in [7, 11) is 0. The number of ether oxygens (including phenoxy) is 1. The summed E-state index contributed by atoms with van der Waals surface area (Å²) < 4.78 is 5.69. The number of aromatic nitrogens is 2. The van der Waals surface area contributed by atoms with Gasteiger partial charge in [-0.15, -0.1) is 0 Å². The van der Waals surface area contributed by atoms with Gasteiger partial charge in [0.2, 0.25) is 11.8 Å². The molecule has 0 aromatic carbocycles. The van der Waals surface area contributed by atoms with Crippen molar-refractivity contribution in [1.82, 2.24) is 14.9 Å². The number of rotatable bonds is 8. The minimum Gasteiger partial charge on any atom is -0.476 e. The smallest absolute Gasteiger partial charge is 0.225 e. The summed E-state index contributed by atoms with van der Waals surface area (Å²) in [5, 5.41) is 3.07. The lowest BCUT2D eigenvalue weighted by molar-refractivity contribution is 0.140. The van der Waals surface area contributed by atoms with E-state index in [1.54, 1.807) is 12.3 Å². The highest BCUT2D eigenvalue weighted by Gasteiger charge is 2.13. The first-order valence-corrected chi connectivity index (χ1v) is 7.00. The van der Waals surface area contributed by atoms with E-state index in [4.69, 9.17) is 4.74 Å². The summed E-state index contributed by atoms with van der Waals surface area (Å²) in [6, 6.07) is 2.83. The zero-order valence-electron chi connectivity index (χ0n) is 12.7. The second kappa shape index (κ2) is 7.94. The molecule has 1 aromatic heterocycles. The average molecular weight is 266 g/mol. The van der Waals surface area contributed by atoms with E-state index in [9.17, 15) is 0 Å². The second-order valence-electron chi connectivity index (χ2n) is 5.02. The highest BCUT2D eigenvalue weighted by Crippen LogP contribution is 2.09. The maximum atomic E-state index is 5.69. The van der Waals surface area contributed by atoms with E-state index in [2.05, 4.69) is 47.9 Å². The molecule has 0 spiro atoms. The van der Waals surface area contributed by atoms with Crippen molar-refractivity contribution in [3.63, 3.8) is 0 Å². The summed E-state index contributed by atoms with van der Waals surface area (Å²) in [5.74, 6) is 1.24. The first-order valence-electron chi connectivity index (χ1n) is 7.00. The van der Waals surface area contributed by atoms with Crippen LogP contribution in [-0.4, -0.2) is 46.6 Å². The van der Waals surface area contributed by atoms with Gasteiger partial charge < -0.3 is 10.1 Å². The largest absolute Gasteiger partial charge is 0.476 e. The van der Waals surface area contributed by atoms with Crippen LogP contribution < -0.4 is 10.1 Å². The van der Waals surface area contributed by atoms with Gasteiger partial charge in [-0.2, -0.15) is 4.98 Å². The Labute approximate surface area is 116 Å². The lowest BCUT2D eigenvalue weighted by Crippen LogP contribution is -2.39. The molecule has 0 aliphatic heterocycles. The molecule has 0 saturated heterocycles. The maximum Gasteiger partial charge on any atom is 0.225 e. The molecule has 0 saturated carbocycles. The molecule has 5 heteroatoms. The van der Waals surface area contributed by atoms with Gasteiger partial charge >= 0.3 is 0 Å². The van der Waals surface area contributed by atoms with Gasteiger partial charge in [-0.1, -0.05) is 0 Å². The van der Waals surface area contributed by atoms with Crippen molar-refractivity contribution in [3.05, 3.63) is 12.3 Å². The molecule has 0 aliphatic carbocycles. The first-order chi connectivity index (χ1) is 9.04. The maximum absolute atomic E-state index is 5.69. The Bertz CT molecular complexity index is 360. The minimum absolute atomic E-state index is 0.520. The molecule has 1 rings (SSSR count). The fourth-order valence-corrected chi connectivity index (χ4v) is 2.03. The highest BCUT2D eigenvalue weighted by atomic mass is 16.5. The van der Waals surface area contributed by atoms with Crippen LogP contribution in [0, 0.1) is 0 Å². The molecule has 0 aliphatic rings. The van der Waals surface area contributed by atoms with Gasteiger partial charge in [0.1, 0.15) is 6.61 Å². The fraction of sp³-hybridized carbons (Fsp3) is 0.714. The Morgan fingerprint density at radius 2 is 1.95 bits per heavy atom. The number of hydrogen-bond acceptors (Lipinski definition) is 5. The molecule has 0 amide bonds. The van der Waals surface area contributed by atoms with E-state index < -0.39 is 0 Å². The summed E-state index contributed by atoms with van der Waals surface area (Å²) in [6.07, 6.45) is 1.71. The van der Waals surface area contributed by atoms with Crippen LogP contribution in [0.15, 0.2) is 12.3 Å². The Hall–Kier alpha value is -1.36. The number of nitrogens with one attached hydrogen (secondary N) is 1. The molecular weight excluding hydrogens is 240 g/mol. The molecule has 1 heterocycles. The SMILES string of the molecule is CCNc1nccc(OCCN(C(C)C)C(C)C)n1. The third kappa shape index (κ3) is 5.42. The van der Waals surface area contributed by atoms with E-state index in [0.717, 1.165) is 13.1 Å². The number of nitrogens with zero attached hydrogens (tertiary/aromatic N) is 3. The Balaban J connectivity index is 2.45. The van der Waals surface area contributed by atoms with E-state index >= 15 is 0 Å². The summed E-state index contributed by atoms with van der Waals surface area (Å²) in [4.78, 5) is 10.8. The van der Waals surface area contributed by atoms with Crippen molar-refractivity contribution in [2.75, 3.05) is 25.0 Å². The molecular formula is C14H26N4O. The predicted molar refractivity (Wildman–Crippen MR) is 78.7 cm³/mol. The third-order valence-corrected chi connectivity index (χ3v) is 2.89. The molecule has 108 valence electrons. The lowest BCUT2D eigenvalue weighted by Gasteiger charge is -2.30. The monoisotopic (exact) mass is 266 g/mol. The zero-order chi connectivity index (χ0) is 14.3. The molecule has 1 N–H and O–H groups in total. The predicted octanol–water partition coefficient (Wildman–Crippen LogP) is 2.41. The summed E-state index contributed by atoms with van der Waals surface area (Å²) in [6.45, 7) is 13.2. The number of anilines is 1. The Morgan fingerprint density at radius 1 is 1.26 bits per heavy atom. The van der Waals surface area contributed by atoms with Gasteiger partial charge in [0, 0.05) is 37.4 Å². The van der Waals surface area contributed by atoms with Crippen LogP contribution >= 0.6 is 0 Å². The Morgan fingerprint density at radius 3 is 2.53 bits per heavy atom. The Kier molecular flexibility index (Phi) is 6.56. The van der Waals surface area contributed by atoms with Crippen molar-refractivity contribution in [2.45, 2.75) is 46.7 Å². The number of hydrogen-bond donors (Lipinski definition) is 1. The standard InChI is InChI=1S/C14H26N4O/c1-6-15-14-16-8-7-13(17-14)19-10-9-18(11(2)3)12(4)5/h7-8,11-12H,6,9-10H2,1-5H3,(H,15,16,17). The van der Waals surface area contributed by atoms with Crippen LogP contribution in [0.3, 0.4) is 0 Å². The van der Waals surface area contributed by atoms with Crippen LogP contribution in [0.25, 0.3) is 0 Å². The van der Waals surface area contributed by atoms with Crippen LogP contribution in [0.2, 0.25) is 0 Å². The quantitative estimate of drug-likeness (QED) is 0.783. The van der Waals surface area contributed by atoms with Gasteiger partial charge in [0.05, 0.1) is 0 Å². The minimum atomic E-state index is 0.520. The van der Waals surface area contributed by atoms with Gasteiger partial charge in [0.25, 0.3) is 0 Å². The van der Waals surface area contributed by atoms with Crippen LogP contribution in [-0.2, 0) is 0 Å². The van der Waals surface area contributed by atoms with Gasteiger partial charge in [-0.25, -0.2) is 4.98 Å². The highest BCUT2D eigenvalue weighted by molar-refractivity contribution is 5.26.